The number of likely N-dealkylation sites (tertiary alicyclic amines) is 2. The van der Waals surface area contributed by atoms with Gasteiger partial charge in [0.05, 0.1) is 0 Å². The third kappa shape index (κ3) is 6.96. The predicted molar refractivity (Wildman–Crippen MR) is 124 cm³/mol. The van der Waals surface area contributed by atoms with Gasteiger partial charge in [0, 0.05) is 19.1 Å². The van der Waals surface area contributed by atoms with Gasteiger partial charge in [-0.25, -0.2) is 4.39 Å². The summed E-state index contributed by atoms with van der Waals surface area (Å²) in [5, 5.41) is 0. The third-order valence-electron chi connectivity index (χ3n) is 6.34. The summed E-state index contributed by atoms with van der Waals surface area (Å²) in [5.41, 5.74) is 2.71. The van der Waals surface area contributed by atoms with E-state index in [2.05, 4.69) is 40.1 Å². The van der Waals surface area contributed by atoms with Crippen LogP contribution in [0.4, 0.5) is 4.39 Å². The van der Waals surface area contributed by atoms with E-state index in [0.717, 1.165) is 18.9 Å². The molecule has 2 aromatic carbocycles. The molecule has 0 N–H and O–H groups in total. The molecule has 2 fully saturated rings. The van der Waals surface area contributed by atoms with Gasteiger partial charge >= 0.3 is 0 Å². The summed E-state index contributed by atoms with van der Waals surface area (Å²) in [7, 11) is 0. The molecule has 2 aliphatic rings. The van der Waals surface area contributed by atoms with Gasteiger partial charge in [0.25, 0.3) is 0 Å². The normalized spacial score (nSPS) is 20.8. The Kier molecular flexibility index (Phi) is 9.91. The zero-order valence-electron chi connectivity index (χ0n) is 17.0. The van der Waals surface area contributed by atoms with Crippen LogP contribution in [0.1, 0.15) is 36.8 Å². The zero-order chi connectivity index (χ0) is 18.5. The molecule has 0 unspecified atom stereocenters. The molecule has 0 spiro atoms. The predicted octanol–water partition coefficient (Wildman–Crippen LogP) is 5.59. The minimum atomic E-state index is -0.134. The minimum absolute atomic E-state index is 0. The monoisotopic (exact) mass is 438 g/mol. The van der Waals surface area contributed by atoms with Gasteiger partial charge in [0.1, 0.15) is 5.82 Å². The first-order valence-electron chi connectivity index (χ1n) is 10.5. The van der Waals surface area contributed by atoms with E-state index < -0.39 is 0 Å². The first-order valence-corrected chi connectivity index (χ1v) is 10.5. The number of halogens is 3. The van der Waals surface area contributed by atoms with Crippen molar-refractivity contribution in [2.24, 2.45) is 5.92 Å². The van der Waals surface area contributed by atoms with Crippen LogP contribution in [0, 0.1) is 11.7 Å². The zero-order valence-corrected chi connectivity index (χ0v) is 18.6. The summed E-state index contributed by atoms with van der Waals surface area (Å²) in [4.78, 5) is 5.36. The van der Waals surface area contributed by atoms with Crippen molar-refractivity contribution < 1.29 is 4.39 Å². The summed E-state index contributed by atoms with van der Waals surface area (Å²) in [6.07, 6.45) is 6.30. The molecular formula is C24H33Cl2FN2. The quantitative estimate of drug-likeness (QED) is 0.579. The van der Waals surface area contributed by atoms with Crippen molar-refractivity contribution in [2.75, 3.05) is 26.2 Å². The molecule has 29 heavy (non-hydrogen) atoms. The van der Waals surface area contributed by atoms with E-state index in [9.17, 15) is 4.39 Å². The number of benzene rings is 2. The molecule has 0 aromatic heterocycles. The maximum Gasteiger partial charge on any atom is 0.123 e. The van der Waals surface area contributed by atoms with E-state index in [-0.39, 0.29) is 30.6 Å². The molecule has 160 valence electrons. The van der Waals surface area contributed by atoms with Crippen LogP contribution in [0.2, 0.25) is 0 Å². The summed E-state index contributed by atoms with van der Waals surface area (Å²) >= 11 is 0. The second-order valence-corrected chi connectivity index (χ2v) is 8.33. The van der Waals surface area contributed by atoms with Crippen molar-refractivity contribution in [1.29, 1.82) is 0 Å². The summed E-state index contributed by atoms with van der Waals surface area (Å²) < 4.78 is 13.1. The molecule has 2 saturated heterocycles. The second-order valence-electron chi connectivity index (χ2n) is 8.33. The van der Waals surface area contributed by atoms with Crippen molar-refractivity contribution in [2.45, 2.75) is 44.7 Å². The lowest BCUT2D eigenvalue weighted by Gasteiger charge is -2.36. The van der Waals surface area contributed by atoms with E-state index >= 15 is 0 Å². The van der Waals surface area contributed by atoms with Crippen molar-refractivity contribution in [3.05, 3.63) is 71.5 Å². The van der Waals surface area contributed by atoms with Gasteiger partial charge < -0.3 is 4.90 Å². The van der Waals surface area contributed by atoms with Crippen LogP contribution in [-0.4, -0.2) is 42.0 Å². The first kappa shape index (κ1) is 24.1. The molecule has 2 aliphatic heterocycles. The fraction of sp³-hybridized carbons (Fsp3) is 0.500. The van der Waals surface area contributed by atoms with Gasteiger partial charge in [-0.05, 0) is 80.9 Å². The molecule has 5 heteroatoms. The van der Waals surface area contributed by atoms with Crippen LogP contribution < -0.4 is 0 Å². The van der Waals surface area contributed by atoms with E-state index in [1.165, 1.54) is 63.0 Å². The highest BCUT2D eigenvalue weighted by atomic mass is 35.5. The molecule has 4 rings (SSSR count). The van der Waals surface area contributed by atoms with E-state index in [0.29, 0.717) is 6.04 Å². The fourth-order valence-corrected chi connectivity index (χ4v) is 4.75. The molecular weight excluding hydrogens is 406 g/mol. The maximum absolute atomic E-state index is 13.1. The third-order valence-corrected chi connectivity index (χ3v) is 6.34. The van der Waals surface area contributed by atoms with Gasteiger partial charge in [-0.1, -0.05) is 42.5 Å². The highest BCUT2D eigenvalue weighted by Gasteiger charge is 2.28. The first-order chi connectivity index (χ1) is 13.3. The lowest BCUT2D eigenvalue weighted by atomic mass is 9.90. The van der Waals surface area contributed by atoms with E-state index in [1.54, 1.807) is 12.1 Å². The van der Waals surface area contributed by atoms with Gasteiger partial charge in [-0.2, -0.15) is 0 Å². The molecule has 0 aliphatic carbocycles. The van der Waals surface area contributed by atoms with Crippen molar-refractivity contribution >= 4 is 24.8 Å². The standard InChI is InChI=1S/C24H31FN2.2ClH/c25-23-10-8-20(9-11-23)17-21-12-15-26(16-13-21)19-24-7-4-14-27(24)18-22-5-2-1-3-6-22;;/h1-3,5-6,8-11,21,24H,4,7,12-19H2;2*1H/t24-;;/m0../s1. The maximum atomic E-state index is 13.1. The summed E-state index contributed by atoms with van der Waals surface area (Å²) in [6.45, 7) is 5.96. The van der Waals surface area contributed by atoms with E-state index in [4.69, 9.17) is 0 Å². The van der Waals surface area contributed by atoms with E-state index in [1.807, 2.05) is 12.1 Å². The topological polar surface area (TPSA) is 6.48 Å². The van der Waals surface area contributed by atoms with Crippen LogP contribution in [0.25, 0.3) is 0 Å². The molecule has 2 aromatic rings. The number of hydrogen-bond acceptors (Lipinski definition) is 2. The highest BCUT2D eigenvalue weighted by Crippen LogP contribution is 2.25. The Balaban J connectivity index is 0.00000150. The largest absolute Gasteiger partial charge is 0.302 e. The number of nitrogens with zero attached hydrogens (tertiary/aromatic N) is 2. The van der Waals surface area contributed by atoms with Crippen LogP contribution >= 0.6 is 24.8 Å². The summed E-state index contributed by atoms with van der Waals surface area (Å²) in [5.74, 6) is 0.612. The van der Waals surface area contributed by atoms with Crippen LogP contribution in [-0.2, 0) is 13.0 Å². The number of hydrogen-bond donors (Lipinski definition) is 0. The average Bonchev–Trinajstić information content (AvgIpc) is 3.12. The van der Waals surface area contributed by atoms with Crippen LogP contribution in [0.15, 0.2) is 54.6 Å². The van der Waals surface area contributed by atoms with Gasteiger partial charge in [-0.15, -0.1) is 24.8 Å². The average molecular weight is 439 g/mol. The molecule has 2 heterocycles. The molecule has 0 saturated carbocycles. The molecule has 0 amide bonds. The Morgan fingerprint density at radius 3 is 2.17 bits per heavy atom. The van der Waals surface area contributed by atoms with Crippen LogP contribution in [0.3, 0.4) is 0 Å². The van der Waals surface area contributed by atoms with Gasteiger partial charge in [-0.3, -0.25) is 4.90 Å². The van der Waals surface area contributed by atoms with Gasteiger partial charge in [0.2, 0.25) is 0 Å². The number of rotatable bonds is 6. The summed E-state index contributed by atoms with van der Waals surface area (Å²) in [6, 6.07) is 18.7. The van der Waals surface area contributed by atoms with Crippen molar-refractivity contribution in [1.82, 2.24) is 9.80 Å². The Morgan fingerprint density at radius 1 is 0.793 bits per heavy atom. The van der Waals surface area contributed by atoms with Crippen molar-refractivity contribution in [3.8, 4) is 0 Å². The molecule has 0 bridgehead atoms. The fourth-order valence-electron chi connectivity index (χ4n) is 4.75. The Hall–Kier alpha value is -1.13. The molecule has 1 atom stereocenters. The smallest absolute Gasteiger partial charge is 0.123 e. The Morgan fingerprint density at radius 2 is 1.48 bits per heavy atom. The minimum Gasteiger partial charge on any atom is -0.302 e. The highest BCUT2D eigenvalue weighted by molar-refractivity contribution is 5.85. The lowest BCUT2D eigenvalue weighted by Crippen LogP contribution is -2.43. The Bertz CT molecular complexity index is 703. The van der Waals surface area contributed by atoms with Crippen LogP contribution in [0.5, 0.6) is 0 Å². The lowest BCUT2D eigenvalue weighted by molar-refractivity contribution is 0.129. The van der Waals surface area contributed by atoms with Gasteiger partial charge in [0.15, 0.2) is 0 Å². The van der Waals surface area contributed by atoms with Crippen molar-refractivity contribution in [3.63, 3.8) is 0 Å². The Labute approximate surface area is 187 Å². The SMILES string of the molecule is Cl.Cl.Fc1ccc(CC2CCN(C[C@@H]3CCCN3Cc3ccccc3)CC2)cc1. The molecule has 2 nitrogen and oxygen atoms in total. The second kappa shape index (κ2) is 11.9. The molecule has 0 radical (unpaired) electrons. The number of piperidine rings is 1.